The van der Waals surface area contributed by atoms with Gasteiger partial charge in [0.2, 0.25) is 0 Å². The van der Waals surface area contributed by atoms with Crippen LogP contribution in [-0.2, 0) is 4.74 Å². The van der Waals surface area contributed by atoms with Gasteiger partial charge in [-0.1, -0.05) is 22.0 Å². The van der Waals surface area contributed by atoms with Crippen LogP contribution in [0.2, 0.25) is 0 Å². The topological polar surface area (TPSA) is 35.2 Å². The fraction of sp³-hybridized carbons (Fsp3) is 0.533. The summed E-state index contributed by atoms with van der Waals surface area (Å²) in [6, 6.07) is 7.32. The maximum Gasteiger partial charge on any atom is 0.338 e. The lowest BCUT2D eigenvalue weighted by molar-refractivity contribution is -1.00. The minimum Gasteiger partial charge on any atom is -0.453 e. The normalized spacial score (nSPS) is 24.1. The summed E-state index contributed by atoms with van der Waals surface area (Å²) in [5.41, 5.74) is 0.601. The number of piperazine rings is 1. The van der Waals surface area contributed by atoms with Crippen molar-refractivity contribution >= 4 is 21.9 Å². The van der Waals surface area contributed by atoms with E-state index in [1.54, 1.807) is 17.0 Å². The van der Waals surface area contributed by atoms with E-state index in [2.05, 4.69) is 23.0 Å². The van der Waals surface area contributed by atoms with Crippen molar-refractivity contribution in [2.45, 2.75) is 13.0 Å². The van der Waals surface area contributed by atoms with Gasteiger partial charge in [-0.05, 0) is 25.1 Å². The maximum absolute atomic E-state index is 12.0. The molecule has 0 spiro atoms. The Hall–Kier alpha value is -0.910. The zero-order chi connectivity index (χ0) is 14.5. The molecule has 1 aliphatic heterocycles. The molecular formula is C15H23BrN2O2+2. The molecule has 2 N–H and O–H groups in total. The van der Waals surface area contributed by atoms with E-state index in [1.807, 2.05) is 19.1 Å². The number of quaternary nitrogens is 2. The van der Waals surface area contributed by atoms with Crippen LogP contribution in [0.15, 0.2) is 28.7 Å². The van der Waals surface area contributed by atoms with Crippen LogP contribution in [0.5, 0.6) is 0 Å². The molecular weight excluding hydrogens is 320 g/mol. The lowest BCUT2D eigenvalue weighted by atomic mass is 10.2. The highest BCUT2D eigenvalue weighted by Crippen LogP contribution is 2.12. The van der Waals surface area contributed by atoms with Crippen LogP contribution in [-0.4, -0.2) is 51.8 Å². The molecule has 1 unspecified atom stereocenters. The molecule has 1 aromatic carbocycles. The summed E-state index contributed by atoms with van der Waals surface area (Å²) < 4.78 is 6.43. The summed E-state index contributed by atoms with van der Waals surface area (Å²) in [6.07, 6.45) is -0.0464. The van der Waals surface area contributed by atoms with E-state index in [0.717, 1.165) is 24.1 Å². The fourth-order valence-corrected chi connectivity index (χ4v) is 2.95. The Bertz CT molecular complexity index is 459. The van der Waals surface area contributed by atoms with Crippen molar-refractivity contribution in [3.8, 4) is 0 Å². The van der Waals surface area contributed by atoms with Gasteiger partial charge in [0.1, 0.15) is 38.8 Å². The number of halogens is 1. The monoisotopic (exact) mass is 342 g/mol. The smallest absolute Gasteiger partial charge is 0.338 e. The molecule has 0 radical (unpaired) electrons. The van der Waals surface area contributed by atoms with Crippen molar-refractivity contribution in [3.05, 3.63) is 34.3 Å². The zero-order valence-electron chi connectivity index (χ0n) is 12.1. The molecule has 0 aliphatic carbocycles. The van der Waals surface area contributed by atoms with Gasteiger partial charge in [-0.2, -0.15) is 0 Å². The van der Waals surface area contributed by atoms with Gasteiger partial charge < -0.3 is 14.5 Å². The highest BCUT2D eigenvalue weighted by atomic mass is 79.9. The number of hydrogen-bond donors (Lipinski definition) is 2. The minimum atomic E-state index is -0.238. The van der Waals surface area contributed by atoms with E-state index >= 15 is 0 Å². The van der Waals surface area contributed by atoms with Crippen molar-refractivity contribution in [2.24, 2.45) is 0 Å². The molecule has 1 heterocycles. The first-order valence-electron chi connectivity index (χ1n) is 7.16. The first-order valence-corrected chi connectivity index (χ1v) is 7.95. The predicted octanol–water partition coefficient (Wildman–Crippen LogP) is -0.592. The van der Waals surface area contributed by atoms with Crippen LogP contribution in [0.3, 0.4) is 0 Å². The van der Waals surface area contributed by atoms with E-state index in [1.165, 1.54) is 18.0 Å². The first-order chi connectivity index (χ1) is 9.54. The summed E-state index contributed by atoms with van der Waals surface area (Å²) in [6.45, 7) is 7.58. The van der Waals surface area contributed by atoms with Crippen LogP contribution in [0, 0.1) is 0 Å². The second-order valence-electron chi connectivity index (χ2n) is 5.64. The van der Waals surface area contributed by atoms with Crippen molar-refractivity contribution in [1.82, 2.24) is 0 Å². The number of hydrogen-bond acceptors (Lipinski definition) is 2. The average Bonchev–Trinajstić information content (AvgIpc) is 2.41. The van der Waals surface area contributed by atoms with E-state index in [-0.39, 0.29) is 12.1 Å². The number of ether oxygens (including phenoxy) is 1. The molecule has 2 rings (SSSR count). The van der Waals surface area contributed by atoms with E-state index in [0.29, 0.717) is 5.56 Å². The summed E-state index contributed by atoms with van der Waals surface area (Å²) in [4.78, 5) is 15.2. The molecule has 1 aromatic rings. The van der Waals surface area contributed by atoms with Gasteiger partial charge in [-0.3, -0.25) is 0 Å². The molecule has 1 fully saturated rings. The van der Waals surface area contributed by atoms with Gasteiger partial charge in [-0.25, -0.2) is 4.79 Å². The van der Waals surface area contributed by atoms with E-state index in [4.69, 9.17) is 4.74 Å². The Morgan fingerprint density at radius 1 is 1.35 bits per heavy atom. The second kappa shape index (κ2) is 7.20. The molecule has 1 saturated heterocycles. The van der Waals surface area contributed by atoms with Crippen LogP contribution in [0.4, 0.5) is 0 Å². The third-order valence-electron chi connectivity index (χ3n) is 3.76. The quantitative estimate of drug-likeness (QED) is 0.717. The van der Waals surface area contributed by atoms with E-state index < -0.39 is 0 Å². The summed E-state index contributed by atoms with van der Waals surface area (Å²) in [5.74, 6) is -0.238. The molecule has 0 aromatic heterocycles. The number of carbonyl (C=O) groups is 1. The van der Waals surface area contributed by atoms with Gasteiger partial charge in [0.15, 0.2) is 0 Å². The Morgan fingerprint density at radius 3 is 2.70 bits per heavy atom. The summed E-state index contributed by atoms with van der Waals surface area (Å²) >= 11 is 3.37. The van der Waals surface area contributed by atoms with Crippen LogP contribution < -0.4 is 9.80 Å². The maximum atomic E-state index is 12.0. The largest absolute Gasteiger partial charge is 0.453 e. The SMILES string of the molecule is CC(C[NH+]1CC[NH+](C)CC1)OC(=O)c1cccc(Br)c1. The Morgan fingerprint density at radius 2 is 2.05 bits per heavy atom. The molecule has 0 amide bonds. The van der Waals surface area contributed by atoms with Crippen LogP contribution >= 0.6 is 15.9 Å². The third kappa shape index (κ3) is 4.58. The number of likely N-dealkylation sites (N-methyl/N-ethyl adjacent to an activating group) is 1. The van der Waals surface area contributed by atoms with Gasteiger partial charge in [0.05, 0.1) is 12.6 Å². The van der Waals surface area contributed by atoms with Gasteiger partial charge in [-0.15, -0.1) is 0 Å². The number of esters is 1. The molecule has 20 heavy (non-hydrogen) atoms. The van der Waals surface area contributed by atoms with Crippen LogP contribution in [0.1, 0.15) is 17.3 Å². The summed E-state index contributed by atoms with van der Waals surface area (Å²) in [5, 5.41) is 0. The van der Waals surface area contributed by atoms with Crippen molar-refractivity contribution in [3.63, 3.8) is 0 Å². The van der Waals surface area contributed by atoms with E-state index in [9.17, 15) is 4.79 Å². The lowest BCUT2D eigenvalue weighted by Crippen LogP contribution is -3.27. The highest BCUT2D eigenvalue weighted by molar-refractivity contribution is 9.10. The first kappa shape index (κ1) is 15.5. The molecule has 4 nitrogen and oxygen atoms in total. The molecule has 110 valence electrons. The second-order valence-corrected chi connectivity index (χ2v) is 6.55. The van der Waals surface area contributed by atoms with Crippen molar-refractivity contribution < 1.29 is 19.3 Å². The molecule has 1 atom stereocenters. The summed E-state index contributed by atoms with van der Waals surface area (Å²) in [7, 11) is 2.23. The number of carbonyl (C=O) groups excluding carboxylic acids is 1. The van der Waals surface area contributed by atoms with Crippen molar-refractivity contribution in [1.29, 1.82) is 0 Å². The molecule has 0 bridgehead atoms. The Kier molecular flexibility index (Phi) is 5.57. The number of benzene rings is 1. The predicted molar refractivity (Wildman–Crippen MR) is 81.2 cm³/mol. The lowest BCUT2D eigenvalue weighted by Gasteiger charge is -2.28. The van der Waals surface area contributed by atoms with Crippen molar-refractivity contribution in [2.75, 3.05) is 39.8 Å². The minimum absolute atomic E-state index is 0.0464. The fourth-order valence-electron chi connectivity index (χ4n) is 2.55. The van der Waals surface area contributed by atoms with Gasteiger partial charge >= 0.3 is 5.97 Å². The standard InChI is InChI=1S/C15H21BrN2O2/c1-12(11-18-8-6-17(2)7-9-18)20-15(19)13-4-3-5-14(16)10-13/h3-5,10,12H,6-9,11H2,1-2H3/p+2. The highest BCUT2D eigenvalue weighted by Gasteiger charge is 2.23. The number of nitrogens with one attached hydrogen (secondary N) is 2. The Balaban J connectivity index is 1.82. The van der Waals surface area contributed by atoms with Crippen LogP contribution in [0.25, 0.3) is 0 Å². The Labute approximate surface area is 128 Å². The molecule has 1 aliphatic rings. The van der Waals surface area contributed by atoms with Gasteiger partial charge in [0, 0.05) is 4.47 Å². The molecule has 5 heteroatoms. The average molecular weight is 343 g/mol. The van der Waals surface area contributed by atoms with Gasteiger partial charge in [0.25, 0.3) is 0 Å². The zero-order valence-corrected chi connectivity index (χ0v) is 13.7. The molecule has 0 saturated carbocycles. The third-order valence-corrected chi connectivity index (χ3v) is 4.25. The number of rotatable bonds is 4.